The Bertz CT molecular complexity index is 661. The molecule has 1 atom stereocenters. The van der Waals surface area contributed by atoms with Crippen molar-refractivity contribution >= 4 is 11.9 Å². The lowest BCUT2D eigenvalue weighted by Gasteiger charge is -2.18. The minimum atomic E-state index is -0.448. The molecule has 1 heterocycles. The van der Waals surface area contributed by atoms with Crippen LogP contribution in [0.4, 0.5) is 0 Å². The molecule has 0 spiro atoms. The van der Waals surface area contributed by atoms with E-state index in [9.17, 15) is 9.59 Å². The van der Waals surface area contributed by atoms with Gasteiger partial charge in [0.05, 0.1) is 25.1 Å². The molecule has 116 valence electrons. The smallest absolute Gasteiger partial charge is 0.307 e. The van der Waals surface area contributed by atoms with Crippen LogP contribution < -0.4 is 5.32 Å². The van der Waals surface area contributed by atoms with Gasteiger partial charge in [-0.2, -0.15) is 0 Å². The van der Waals surface area contributed by atoms with Gasteiger partial charge >= 0.3 is 5.97 Å². The minimum Gasteiger partial charge on any atom is -0.469 e. The second-order valence-corrected chi connectivity index (χ2v) is 5.04. The third-order valence-corrected chi connectivity index (χ3v) is 3.39. The second-order valence-electron chi connectivity index (χ2n) is 5.04. The van der Waals surface area contributed by atoms with E-state index in [2.05, 4.69) is 5.32 Å². The zero-order valence-corrected chi connectivity index (χ0v) is 12.9. The van der Waals surface area contributed by atoms with E-state index in [1.54, 1.807) is 19.9 Å². The topological polar surface area (TPSA) is 68.5 Å². The number of aryl methyl sites for hydroxylation is 2. The fourth-order valence-electron chi connectivity index (χ4n) is 2.28. The molecular weight excluding hydrogens is 282 g/mol. The molecule has 1 amide bonds. The molecule has 0 saturated carbocycles. The van der Waals surface area contributed by atoms with Crippen LogP contribution in [0.1, 0.15) is 39.9 Å². The van der Waals surface area contributed by atoms with Crippen LogP contribution in [0, 0.1) is 13.8 Å². The Kier molecular flexibility index (Phi) is 4.99. The van der Waals surface area contributed by atoms with Gasteiger partial charge in [-0.05, 0) is 25.5 Å². The number of hydrogen-bond acceptors (Lipinski definition) is 4. The van der Waals surface area contributed by atoms with Gasteiger partial charge < -0.3 is 14.5 Å². The van der Waals surface area contributed by atoms with E-state index >= 15 is 0 Å². The monoisotopic (exact) mass is 301 g/mol. The molecule has 1 aromatic carbocycles. The Morgan fingerprint density at radius 2 is 1.91 bits per heavy atom. The predicted molar refractivity (Wildman–Crippen MR) is 81.5 cm³/mol. The SMILES string of the molecule is COC(=O)CC(NC(=O)c1cc(C)oc1C)c1ccccc1. The number of furan rings is 1. The van der Waals surface area contributed by atoms with Crippen LogP contribution in [0.25, 0.3) is 0 Å². The number of amides is 1. The van der Waals surface area contributed by atoms with Crippen LogP contribution in [0.2, 0.25) is 0 Å². The first-order chi connectivity index (χ1) is 10.5. The van der Waals surface area contributed by atoms with E-state index in [0.717, 1.165) is 5.56 Å². The fraction of sp³-hybridized carbons (Fsp3) is 0.294. The van der Waals surface area contributed by atoms with Crippen LogP contribution in [0.3, 0.4) is 0 Å². The summed E-state index contributed by atoms with van der Waals surface area (Å²) in [7, 11) is 1.33. The fourth-order valence-corrected chi connectivity index (χ4v) is 2.28. The van der Waals surface area contributed by atoms with Crippen molar-refractivity contribution in [2.45, 2.75) is 26.3 Å². The number of carbonyl (C=O) groups excluding carboxylic acids is 2. The predicted octanol–water partition coefficient (Wildman–Crippen LogP) is 2.93. The van der Waals surface area contributed by atoms with Gasteiger partial charge in [0.2, 0.25) is 0 Å². The maximum absolute atomic E-state index is 12.4. The van der Waals surface area contributed by atoms with Crippen LogP contribution in [0.15, 0.2) is 40.8 Å². The van der Waals surface area contributed by atoms with Crippen LogP contribution >= 0.6 is 0 Å². The molecule has 2 rings (SSSR count). The highest BCUT2D eigenvalue weighted by Gasteiger charge is 2.21. The summed E-state index contributed by atoms with van der Waals surface area (Å²) in [5.41, 5.74) is 1.32. The number of hydrogen-bond donors (Lipinski definition) is 1. The minimum absolute atomic E-state index is 0.0716. The Balaban J connectivity index is 2.21. The summed E-state index contributed by atoms with van der Waals surface area (Å²) in [6, 6.07) is 10.6. The number of carbonyl (C=O) groups is 2. The summed E-state index contributed by atoms with van der Waals surface area (Å²) < 4.78 is 10.1. The second kappa shape index (κ2) is 6.93. The summed E-state index contributed by atoms with van der Waals surface area (Å²) in [5, 5.41) is 2.87. The van der Waals surface area contributed by atoms with Crippen molar-refractivity contribution < 1.29 is 18.7 Å². The number of ether oxygens (including phenoxy) is 1. The maximum Gasteiger partial charge on any atom is 0.307 e. The molecule has 5 nitrogen and oxygen atoms in total. The quantitative estimate of drug-likeness (QED) is 0.862. The molecule has 0 aliphatic heterocycles. The summed E-state index contributed by atoms with van der Waals surface area (Å²) in [6.45, 7) is 3.52. The van der Waals surface area contributed by atoms with E-state index in [1.165, 1.54) is 7.11 Å². The molecule has 1 aromatic heterocycles. The molecule has 0 fully saturated rings. The van der Waals surface area contributed by atoms with Crippen molar-refractivity contribution in [2.24, 2.45) is 0 Å². The number of rotatable bonds is 5. The molecule has 0 saturated heterocycles. The number of benzene rings is 1. The van der Waals surface area contributed by atoms with Crippen molar-refractivity contribution in [3.8, 4) is 0 Å². The first-order valence-electron chi connectivity index (χ1n) is 7.01. The van der Waals surface area contributed by atoms with Gasteiger partial charge in [-0.1, -0.05) is 30.3 Å². The third-order valence-electron chi connectivity index (χ3n) is 3.39. The van der Waals surface area contributed by atoms with Gasteiger partial charge in [0, 0.05) is 0 Å². The van der Waals surface area contributed by atoms with Crippen molar-refractivity contribution in [1.29, 1.82) is 0 Å². The van der Waals surface area contributed by atoms with E-state index in [4.69, 9.17) is 9.15 Å². The first kappa shape index (κ1) is 15.8. The van der Waals surface area contributed by atoms with Gasteiger partial charge in [-0.3, -0.25) is 9.59 Å². The first-order valence-corrected chi connectivity index (χ1v) is 7.01. The Hall–Kier alpha value is -2.56. The molecule has 0 radical (unpaired) electrons. The van der Waals surface area contributed by atoms with Crippen LogP contribution in [-0.2, 0) is 9.53 Å². The standard InChI is InChI=1S/C17H19NO4/c1-11-9-14(12(2)22-11)17(20)18-15(10-16(19)21-3)13-7-5-4-6-8-13/h4-9,15H,10H2,1-3H3,(H,18,20). The van der Waals surface area contributed by atoms with E-state index in [0.29, 0.717) is 17.1 Å². The van der Waals surface area contributed by atoms with Crippen molar-refractivity contribution in [1.82, 2.24) is 5.32 Å². The van der Waals surface area contributed by atoms with E-state index < -0.39 is 6.04 Å². The largest absolute Gasteiger partial charge is 0.469 e. The Labute approximate surface area is 129 Å². The van der Waals surface area contributed by atoms with Crippen molar-refractivity contribution in [3.63, 3.8) is 0 Å². The lowest BCUT2D eigenvalue weighted by Crippen LogP contribution is -2.30. The molecule has 0 aliphatic rings. The molecule has 0 aliphatic carbocycles. The van der Waals surface area contributed by atoms with Gasteiger partial charge in [-0.15, -0.1) is 0 Å². The third kappa shape index (κ3) is 3.75. The molecule has 1 N–H and O–H groups in total. The number of nitrogens with one attached hydrogen (secondary N) is 1. The van der Waals surface area contributed by atoms with Crippen LogP contribution in [0.5, 0.6) is 0 Å². The highest BCUT2D eigenvalue weighted by Crippen LogP contribution is 2.20. The molecule has 2 aromatic rings. The molecule has 1 unspecified atom stereocenters. The molecular formula is C17H19NO4. The lowest BCUT2D eigenvalue weighted by molar-refractivity contribution is -0.141. The summed E-state index contributed by atoms with van der Waals surface area (Å²) in [5.74, 6) is 0.577. The average Bonchev–Trinajstić information content (AvgIpc) is 2.86. The number of esters is 1. The maximum atomic E-state index is 12.4. The van der Waals surface area contributed by atoms with E-state index in [-0.39, 0.29) is 18.3 Å². The summed E-state index contributed by atoms with van der Waals surface area (Å²) in [6.07, 6.45) is 0.0716. The highest BCUT2D eigenvalue weighted by atomic mass is 16.5. The molecule has 5 heteroatoms. The molecule has 0 bridgehead atoms. The average molecular weight is 301 g/mol. The zero-order valence-electron chi connectivity index (χ0n) is 12.9. The van der Waals surface area contributed by atoms with Gasteiger partial charge in [0.1, 0.15) is 11.5 Å². The van der Waals surface area contributed by atoms with Gasteiger partial charge in [0.15, 0.2) is 0 Å². The normalized spacial score (nSPS) is 11.8. The van der Waals surface area contributed by atoms with Gasteiger partial charge in [-0.25, -0.2) is 0 Å². The summed E-state index contributed by atoms with van der Waals surface area (Å²) in [4.78, 5) is 24.0. The lowest BCUT2D eigenvalue weighted by atomic mass is 10.0. The highest BCUT2D eigenvalue weighted by molar-refractivity contribution is 5.95. The molecule has 22 heavy (non-hydrogen) atoms. The Morgan fingerprint density at radius 3 is 2.45 bits per heavy atom. The summed E-state index contributed by atoms with van der Waals surface area (Å²) >= 11 is 0. The van der Waals surface area contributed by atoms with Crippen molar-refractivity contribution in [2.75, 3.05) is 7.11 Å². The zero-order chi connectivity index (χ0) is 16.1. The number of methoxy groups -OCH3 is 1. The van der Waals surface area contributed by atoms with Gasteiger partial charge in [0.25, 0.3) is 5.91 Å². The Morgan fingerprint density at radius 1 is 1.23 bits per heavy atom. The van der Waals surface area contributed by atoms with E-state index in [1.807, 2.05) is 30.3 Å². The van der Waals surface area contributed by atoms with Crippen molar-refractivity contribution in [3.05, 3.63) is 59.0 Å². The van der Waals surface area contributed by atoms with Crippen LogP contribution in [-0.4, -0.2) is 19.0 Å².